The fourth-order valence-corrected chi connectivity index (χ4v) is 1.81. The molecule has 1 aromatic carbocycles. The number of benzene rings is 1. The molecule has 0 spiro atoms. The van der Waals surface area contributed by atoms with E-state index >= 15 is 0 Å². The summed E-state index contributed by atoms with van der Waals surface area (Å²) >= 11 is 0. The monoisotopic (exact) mass is 265 g/mol. The lowest BCUT2D eigenvalue weighted by Crippen LogP contribution is -2.32. The first-order valence-corrected chi connectivity index (χ1v) is 6.74. The van der Waals surface area contributed by atoms with E-state index in [4.69, 9.17) is 4.74 Å². The lowest BCUT2D eigenvalue weighted by molar-refractivity contribution is -0.131. The topological polar surface area (TPSA) is 58.6 Å². The Morgan fingerprint density at radius 1 is 1.37 bits per heavy atom. The number of hydrogen-bond donors (Lipinski definition) is 2. The van der Waals surface area contributed by atoms with Gasteiger partial charge in [0.2, 0.25) is 0 Å². The largest absolute Gasteiger partial charge is 0.427 e. The Kier molecular flexibility index (Phi) is 6.53. The maximum Gasteiger partial charge on any atom is 0.308 e. The highest BCUT2D eigenvalue weighted by molar-refractivity contribution is 5.69. The number of rotatable bonds is 7. The van der Waals surface area contributed by atoms with Crippen molar-refractivity contribution in [1.82, 2.24) is 5.32 Å². The Bertz CT molecular complexity index is 389. The molecule has 0 radical (unpaired) electrons. The molecule has 4 heteroatoms. The van der Waals surface area contributed by atoms with Gasteiger partial charge in [0.25, 0.3) is 0 Å². The van der Waals surface area contributed by atoms with E-state index in [1.54, 1.807) is 24.3 Å². The first kappa shape index (κ1) is 15.7. The average Bonchev–Trinajstić information content (AvgIpc) is 2.38. The fraction of sp³-hybridized carbons (Fsp3) is 0.533. The van der Waals surface area contributed by atoms with Crippen molar-refractivity contribution in [2.75, 3.05) is 6.54 Å². The van der Waals surface area contributed by atoms with E-state index in [0.29, 0.717) is 5.75 Å². The van der Waals surface area contributed by atoms with Crippen LogP contribution in [0.2, 0.25) is 0 Å². The van der Waals surface area contributed by atoms with Gasteiger partial charge >= 0.3 is 5.97 Å². The minimum atomic E-state index is -0.566. The molecule has 0 saturated carbocycles. The molecule has 1 aromatic rings. The minimum Gasteiger partial charge on any atom is -0.427 e. The predicted molar refractivity (Wildman–Crippen MR) is 75.1 cm³/mol. The van der Waals surface area contributed by atoms with Gasteiger partial charge in [0.05, 0.1) is 6.10 Å². The summed E-state index contributed by atoms with van der Waals surface area (Å²) in [6.07, 6.45) is 1.67. The van der Waals surface area contributed by atoms with Gasteiger partial charge in [-0.2, -0.15) is 0 Å². The third kappa shape index (κ3) is 5.41. The van der Waals surface area contributed by atoms with Crippen molar-refractivity contribution in [2.24, 2.45) is 0 Å². The maximum absolute atomic E-state index is 10.8. The van der Waals surface area contributed by atoms with Crippen LogP contribution in [0.3, 0.4) is 0 Å². The number of esters is 1. The van der Waals surface area contributed by atoms with Crippen LogP contribution in [0, 0.1) is 0 Å². The van der Waals surface area contributed by atoms with E-state index in [-0.39, 0.29) is 12.0 Å². The number of carbonyl (C=O) groups is 1. The summed E-state index contributed by atoms with van der Waals surface area (Å²) in [5.41, 5.74) is 0.812. The Labute approximate surface area is 114 Å². The van der Waals surface area contributed by atoms with Crippen LogP contribution in [0.15, 0.2) is 24.3 Å². The molecule has 2 atom stereocenters. The highest BCUT2D eigenvalue weighted by Crippen LogP contribution is 2.20. The number of unbranched alkanes of at least 4 members (excludes halogenated alkanes) is 1. The van der Waals surface area contributed by atoms with E-state index in [2.05, 4.69) is 12.2 Å². The summed E-state index contributed by atoms with van der Waals surface area (Å²) in [6, 6.07) is 6.94. The molecule has 4 nitrogen and oxygen atoms in total. The Hall–Kier alpha value is -1.39. The highest BCUT2D eigenvalue weighted by atomic mass is 16.5. The molecule has 0 saturated heterocycles. The molecule has 0 aliphatic rings. The van der Waals surface area contributed by atoms with Crippen molar-refractivity contribution in [3.8, 4) is 5.75 Å². The number of aliphatic hydroxyl groups excluding tert-OH is 1. The van der Waals surface area contributed by atoms with Gasteiger partial charge in [-0.15, -0.1) is 0 Å². The molecule has 2 unspecified atom stereocenters. The lowest BCUT2D eigenvalue weighted by atomic mass is 10.0. The number of aliphatic hydroxyl groups is 1. The zero-order valence-electron chi connectivity index (χ0n) is 11.8. The van der Waals surface area contributed by atoms with Gasteiger partial charge in [0.15, 0.2) is 0 Å². The van der Waals surface area contributed by atoms with Crippen molar-refractivity contribution >= 4 is 5.97 Å². The number of carbonyl (C=O) groups excluding carboxylic acids is 1. The molecule has 0 aliphatic heterocycles. The second kappa shape index (κ2) is 7.92. The summed E-state index contributed by atoms with van der Waals surface area (Å²) in [4.78, 5) is 10.8. The highest BCUT2D eigenvalue weighted by Gasteiger charge is 2.15. The molecule has 106 valence electrons. The van der Waals surface area contributed by atoms with Crippen molar-refractivity contribution < 1.29 is 14.6 Å². The SMILES string of the molecule is CCCCNC(C)C(O)c1ccc(OC(C)=O)cc1. The summed E-state index contributed by atoms with van der Waals surface area (Å²) < 4.78 is 4.95. The van der Waals surface area contributed by atoms with Gasteiger partial charge in [-0.1, -0.05) is 25.5 Å². The van der Waals surface area contributed by atoms with Crippen LogP contribution in [-0.2, 0) is 4.79 Å². The summed E-state index contributed by atoms with van der Waals surface area (Å²) in [5.74, 6) is 0.151. The zero-order valence-corrected chi connectivity index (χ0v) is 11.8. The second-order valence-electron chi connectivity index (χ2n) is 4.70. The van der Waals surface area contributed by atoms with Gasteiger partial charge in [-0.25, -0.2) is 0 Å². The summed E-state index contributed by atoms with van der Waals surface area (Å²) in [7, 11) is 0. The van der Waals surface area contributed by atoms with Gasteiger partial charge < -0.3 is 15.2 Å². The molecule has 0 amide bonds. The first-order chi connectivity index (χ1) is 9.04. The van der Waals surface area contributed by atoms with Crippen LogP contribution in [0.1, 0.15) is 45.3 Å². The maximum atomic E-state index is 10.8. The van der Waals surface area contributed by atoms with Crippen LogP contribution in [0.5, 0.6) is 5.75 Å². The van der Waals surface area contributed by atoms with E-state index in [1.165, 1.54) is 6.92 Å². The standard InChI is InChI=1S/C15H23NO3/c1-4-5-10-16-11(2)15(18)13-6-8-14(9-7-13)19-12(3)17/h6-9,11,15-16,18H,4-5,10H2,1-3H3. The zero-order chi connectivity index (χ0) is 14.3. The van der Waals surface area contributed by atoms with Crippen molar-refractivity contribution in [3.05, 3.63) is 29.8 Å². The third-order valence-corrected chi connectivity index (χ3v) is 2.95. The molecule has 0 aliphatic carbocycles. The third-order valence-electron chi connectivity index (χ3n) is 2.95. The van der Waals surface area contributed by atoms with E-state index in [0.717, 1.165) is 24.9 Å². The van der Waals surface area contributed by atoms with Crippen LogP contribution in [0.25, 0.3) is 0 Å². The second-order valence-corrected chi connectivity index (χ2v) is 4.70. The molecule has 0 fully saturated rings. The normalized spacial score (nSPS) is 13.9. The van der Waals surface area contributed by atoms with Crippen LogP contribution < -0.4 is 10.1 Å². The molecule has 2 N–H and O–H groups in total. The van der Waals surface area contributed by atoms with Gasteiger partial charge in [-0.05, 0) is 37.6 Å². The summed E-state index contributed by atoms with van der Waals surface area (Å²) in [5, 5.41) is 13.5. The van der Waals surface area contributed by atoms with Crippen molar-refractivity contribution in [2.45, 2.75) is 45.8 Å². The summed E-state index contributed by atoms with van der Waals surface area (Å²) in [6.45, 7) is 6.36. The lowest BCUT2D eigenvalue weighted by Gasteiger charge is -2.20. The van der Waals surface area contributed by atoms with E-state index in [1.807, 2.05) is 6.92 Å². The fourth-order valence-electron chi connectivity index (χ4n) is 1.81. The molecule has 0 heterocycles. The van der Waals surface area contributed by atoms with Crippen LogP contribution >= 0.6 is 0 Å². The number of nitrogens with one attached hydrogen (secondary N) is 1. The molecule has 0 bridgehead atoms. The Morgan fingerprint density at radius 3 is 2.53 bits per heavy atom. The van der Waals surface area contributed by atoms with Gasteiger partial charge in [0, 0.05) is 13.0 Å². The van der Waals surface area contributed by atoms with Crippen molar-refractivity contribution in [1.29, 1.82) is 0 Å². The van der Waals surface area contributed by atoms with Gasteiger partial charge in [0.1, 0.15) is 5.75 Å². The van der Waals surface area contributed by atoms with E-state index in [9.17, 15) is 9.90 Å². The Morgan fingerprint density at radius 2 is 2.00 bits per heavy atom. The van der Waals surface area contributed by atoms with Crippen LogP contribution in [0.4, 0.5) is 0 Å². The smallest absolute Gasteiger partial charge is 0.308 e. The molecular weight excluding hydrogens is 242 g/mol. The van der Waals surface area contributed by atoms with Gasteiger partial charge in [-0.3, -0.25) is 4.79 Å². The average molecular weight is 265 g/mol. The molecule has 0 aromatic heterocycles. The van der Waals surface area contributed by atoms with Crippen molar-refractivity contribution in [3.63, 3.8) is 0 Å². The molecule has 1 rings (SSSR count). The number of hydrogen-bond acceptors (Lipinski definition) is 4. The minimum absolute atomic E-state index is 0.00822. The molecule has 19 heavy (non-hydrogen) atoms. The quantitative estimate of drug-likeness (QED) is 0.451. The molecular formula is C15H23NO3. The van der Waals surface area contributed by atoms with E-state index < -0.39 is 6.10 Å². The Balaban J connectivity index is 2.56. The first-order valence-electron chi connectivity index (χ1n) is 6.74. The number of ether oxygens (including phenoxy) is 1. The predicted octanol–water partition coefficient (Wildman–Crippen LogP) is 2.42. The van der Waals surface area contributed by atoms with Crippen LogP contribution in [-0.4, -0.2) is 23.7 Å².